The van der Waals surface area contributed by atoms with Crippen molar-refractivity contribution in [2.24, 2.45) is 5.73 Å². The van der Waals surface area contributed by atoms with Gasteiger partial charge in [-0.1, -0.05) is 0 Å². The van der Waals surface area contributed by atoms with Gasteiger partial charge in [0.1, 0.15) is 0 Å². The largest absolute Gasteiger partial charge is 0.366 e. The van der Waals surface area contributed by atoms with Gasteiger partial charge in [0, 0.05) is 27.7 Å². The van der Waals surface area contributed by atoms with Crippen molar-refractivity contribution in [1.82, 2.24) is 4.98 Å². The normalized spacial score (nSPS) is 10.2. The number of carbonyl (C=O) groups is 1. The first-order chi connectivity index (χ1) is 7.16. The summed E-state index contributed by atoms with van der Waals surface area (Å²) in [7, 11) is 0. The highest BCUT2D eigenvalue weighted by Crippen LogP contribution is 2.27. The molecule has 2 heterocycles. The zero-order chi connectivity index (χ0) is 10.8. The van der Waals surface area contributed by atoms with E-state index >= 15 is 0 Å². The number of aryl methyl sites for hydroxylation is 1. The third-order valence-corrected chi connectivity index (χ3v) is 3.10. The number of hydrogen-bond acceptors (Lipinski definition) is 3. The zero-order valence-corrected chi connectivity index (χ0v) is 9.04. The van der Waals surface area contributed by atoms with Crippen molar-refractivity contribution in [3.63, 3.8) is 0 Å². The molecule has 76 valence electrons. The smallest absolute Gasteiger partial charge is 0.250 e. The third-order valence-electron chi connectivity index (χ3n) is 2.05. The summed E-state index contributed by atoms with van der Waals surface area (Å²) in [5.41, 5.74) is 6.57. The second-order valence-electron chi connectivity index (χ2n) is 3.24. The van der Waals surface area contributed by atoms with Crippen molar-refractivity contribution < 1.29 is 4.79 Å². The van der Waals surface area contributed by atoms with Crippen LogP contribution in [0.3, 0.4) is 0 Å². The lowest BCUT2D eigenvalue weighted by molar-refractivity contribution is 0.1000. The molecule has 15 heavy (non-hydrogen) atoms. The van der Waals surface area contributed by atoms with E-state index in [1.165, 1.54) is 11.1 Å². The van der Waals surface area contributed by atoms with Crippen LogP contribution in [0.25, 0.3) is 10.4 Å². The molecule has 0 saturated carbocycles. The Morgan fingerprint density at radius 2 is 2.20 bits per heavy atom. The Morgan fingerprint density at radius 1 is 1.40 bits per heavy atom. The Balaban J connectivity index is 2.45. The molecule has 0 radical (unpaired) electrons. The van der Waals surface area contributed by atoms with Crippen molar-refractivity contribution in [3.8, 4) is 10.4 Å². The van der Waals surface area contributed by atoms with E-state index in [0.717, 1.165) is 10.4 Å². The Labute approximate surface area is 91.6 Å². The van der Waals surface area contributed by atoms with Crippen molar-refractivity contribution >= 4 is 17.2 Å². The van der Waals surface area contributed by atoms with Crippen LogP contribution in [0.2, 0.25) is 0 Å². The number of amides is 1. The number of nitrogens with two attached hydrogens (primary N) is 1. The summed E-state index contributed by atoms with van der Waals surface area (Å²) in [5, 5.41) is 0. The average molecular weight is 218 g/mol. The maximum absolute atomic E-state index is 11.0. The molecule has 0 unspecified atom stereocenters. The average Bonchev–Trinajstić information content (AvgIpc) is 2.65. The first-order valence-corrected chi connectivity index (χ1v) is 5.30. The molecule has 0 bridgehead atoms. The van der Waals surface area contributed by atoms with E-state index in [1.54, 1.807) is 23.6 Å². The lowest BCUT2D eigenvalue weighted by atomic mass is 10.2. The Morgan fingerprint density at radius 3 is 2.80 bits per heavy atom. The Kier molecular flexibility index (Phi) is 2.51. The van der Waals surface area contributed by atoms with E-state index in [9.17, 15) is 4.79 Å². The summed E-state index contributed by atoms with van der Waals surface area (Å²) in [6, 6.07) is 5.82. The minimum absolute atomic E-state index is 0.443. The highest BCUT2D eigenvalue weighted by atomic mass is 32.1. The van der Waals surface area contributed by atoms with Crippen LogP contribution in [0, 0.1) is 6.92 Å². The van der Waals surface area contributed by atoms with E-state index < -0.39 is 5.91 Å². The highest BCUT2D eigenvalue weighted by molar-refractivity contribution is 7.15. The number of thiophene rings is 1. The second-order valence-corrected chi connectivity index (χ2v) is 4.52. The van der Waals surface area contributed by atoms with Gasteiger partial charge in [0.05, 0.1) is 5.56 Å². The molecule has 0 aromatic carbocycles. The van der Waals surface area contributed by atoms with Crippen LogP contribution < -0.4 is 5.73 Å². The van der Waals surface area contributed by atoms with Gasteiger partial charge in [-0.05, 0) is 25.1 Å². The fourth-order valence-electron chi connectivity index (χ4n) is 1.30. The number of primary amides is 1. The molecular weight excluding hydrogens is 208 g/mol. The number of rotatable bonds is 2. The molecule has 0 aliphatic heterocycles. The van der Waals surface area contributed by atoms with Crippen LogP contribution in [0.15, 0.2) is 30.6 Å². The molecule has 0 aliphatic carbocycles. The summed E-state index contributed by atoms with van der Waals surface area (Å²) in [6.45, 7) is 2.04. The molecule has 2 aromatic heterocycles. The maximum atomic E-state index is 11.0. The second kappa shape index (κ2) is 3.82. The molecule has 2 aromatic rings. The molecule has 0 saturated heterocycles. The SMILES string of the molecule is Cc1ccc(-c2cncc(C(N)=O)c2)s1. The molecule has 2 rings (SSSR count). The van der Waals surface area contributed by atoms with E-state index in [1.807, 2.05) is 19.1 Å². The van der Waals surface area contributed by atoms with Crippen molar-refractivity contribution in [2.45, 2.75) is 6.92 Å². The van der Waals surface area contributed by atoms with Gasteiger partial charge >= 0.3 is 0 Å². The number of pyridine rings is 1. The molecular formula is C11H10N2OS. The molecule has 2 N–H and O–H groups in total. The number of hydrogen-bond donors (Lipinski definition) is 1. The lowest BCUT2D eigenvalue weighted by Crippen LogP contribution is -2.11. The first-order valence-electron chi connectivity index (χ1n) is 4.48. The van der Waals surface area contributed by atoms with Crippen LogP contribution in [-0.2, 0) is 0 Å². The molecule has 0 aliphatic rings. The summed E-state index contributed by atoms with van der Waals surface area (Å²) in [4.78, 5) is 17.3. The number of carbonyl (C=O) groups excluding carboxylic acids is 1. The van der Waals surface area contributed by atoms with Crippen molar-refractivity contribution in [2.75, 3.05) is 0 Å². The standard InChI is InChI=1S/C11H10N2OS/c1-7-2-3-10(15-7)8-4-9(11(12)14)6-13-5-8/h2-6H,1H3,(H2,12,14). The monoisotopic (exact) mass is 218 g/mol. The third kappa shape index (κ3) is 2.05. The molecule has 0 atom stereocenters. The molecule has 0 spiro atoms. The van der Waals surface area contributed by atoms with Crippen LogP contribution in [-0.4, -0.2) is 10.9 Å². The zero-order valence-electron chi connectivity index (χ0n) is 8.23. The van der Waals surface area contributed by atoms with Gasteiger partial charge in [-0.2, -0.15) is 0 Å². The minimum Gasteiger partial charge on any atom is -0.366 e. The van der Waals surface area contributed by atoms with Crippen LogP contribution in [0.4, 0.5) is 0 Å². The lowest BCUT2D eigenvalue weighted by Gasteiger charge is -1.98. The van der Waals surface area contributed by atoms with Crippen LogP contribution in [0.1, 0.15) is 15.2 Å². The molecule has 0 fully saturated rings. The van der Waals surface area contributed by atoms with Gasteiger partial charge in [0.2, 0.25) is 5.91 Å². The first kappa shape index (κ1) is 9.86. The van der Waals surface area contributed by atoms with Crippen LogP contribution in [0.5, 0.6) is 0 Å². The predicted octanol–water partition coefficient (Wildman–Crippen LogP) is 2.22. The van der Waals surface area contributed by atoms with E-state index in [4.69, 9.17) is 5.73 Å². The summed E-state index contributed by atoms with van der Waals surface area (Å²) in [5.74, 6) is -0.447. The Hall–Kier alpha value is -1.68. The van der Waals surface area contributed by atoms with Crippen molar-refractivity contribution in [1.29, 1.82) is 0 Å². The van der Waals surface area contributed by atoms with Gasteiger partial charge in [-0.15, -0.1) is 11.3 Å². The van der Waals surface area contributed by atoms with Crippen molar-refractivity contribution in [3.05, 3.63) is 41.0 Å². The quantitative estimate of drug-likeness (QED) is 0.840. The number of aromatic nitrogens is 1. The highest BCUT2D eigenvalue weighted by Gasteiger charge is 2.05. The van der Waals surface area contributed by atoms with Crippen LogP contribution >= 0.6 is 11.3 Å². The maximum Gasteiger partial charge on any atom is 0.250 e. The van der Waals surface area contributed by atoms with Gasteiger partial charge < -0.3 is 5.73 Å². The van der Waals surface area contributed by atoms with Gasteiger partial charge in [-0.25, -0.2) is 0 Å². The summed E-state index contributed by atoms with van der Waals surface area (Å²) in [6.07, 6.45) is 3.21. The predicted molar refractivity (Wildman–Crippen MR) is 60.8 cm³/mol. The summed E-state index contributed by atoms with van der Waals surface area (Å²) < 4.78 is 0. The molecule has 1 amide bonds. The van der Waals surface area contributed by atoms with Gasteiger partial charge in [-0.3, -0.25) is 9.78 Å². The summed E-state index contributed by atoms with van der Waals surface area (Å²) >= 11 is 1.67. The molecule has 4 heteroatoms. The van der Waals surface area contributed by atoms with E-state index in [0.29, 0.717) is 5.56 Å². The van der Waals surface area contributed by atoms with Gasteiger partial charge in [0.15, 0.2) is 0 Å². The fraction of sp³-hybridized carbons (Fsp3) is 0.0909. The molecule has 3 nitrogen and oxygen atoms in total. The van der Waals surface area contributed by atoms with Gasteiger partial charge in [0.25, 0.3) is 0 Å². The van der Waals surface area contributed by atoms with E-state index in [-0.39, 0.29) is 0 Å². The Bertz CT molecular complexity index is 505. The minimum atomic E-state index is -0.447. The topological polar surface area (TPSA) is 56.0 Å². The van der Waals surface area contributed by atoms with E-state index in [2.05, 4.69) is 4.98 Å². The fourth-order valence-corrected chi connectivity index (χ4v) is 2.15. The number of nitrogens with zero attached hydrogens (tertiary/aromatic N) is 1.